The normalized spacial score (nSPS) is 13.0. The van der Waals surface area contributed by atoms with E-state index in [-0.39, 0.29) is 17.7 Å². The second-order valence-electron chi connectivity index (χ2n) is 10.3. The molecule has 0 aliphatic carbocycles. The number of carbonyl (C=O) groups is 3. The topological polar surface area (TPSA) is 87.7 Å². The lowest BCUT2D eigenvalue weighted by molar-refractivity contribution is -0.141. The molecule has 0 saturated heterocycles. The molecular weight excluding hydrogens is 442 g/mol. The van der Waals surface area contributed by atoms with E-state index < -0.39 is 23.8 Å². The van der Waals surface area contributed by atoms with Crippen molar-refractivity contribution in [2.75, 3.05) is 7.05 Å². The predicted molar refractivity (Wildman–Crippen MR) is 138 cm³/mol. The molecule has 0 spiro atoms. The molecule has 2 unspecified atom stereocenters. The van der Waals surface area contributed by atoms with Gasteiger partial charge in [-0.2, -0.15) is 0 Å². The monoisotopic (exact) mass is 481 g/mol. The number of hydrogen-bond acceptors (Lipinski definition) is 4. The molecule has 2 atom stereocenters. The van der Waals surface area contributed by atoms with Crippen LogP contribution in [0, 0.1) is 12.8 Å². The highest BCUT2D eigenvalue weighted by atomic mass is 16.6. The van der Waals surface area contributed by atoms with Crippen molar-refractivity contribution in [2.24, 2.45) is 5.92 Å². The van der Waals surface area contributed by atoms with Crippen molar-refractivity contribution >= 4 is 17.9 Å². The molecule has 0 heterocycles. The van der Waals surface area contributed by atoms with Crippen LogP contribution in [0.2, 0.25) is 0 Å². The van der Waals surface area contributed by atoms with E-state index in [2.05, 4.69) is 10.6 Å². The molecule has 2 rings (SSSR count). The Kier molecular flexibility index (Phi) is 9.87. The van der Waals surface area contributed by atoms with E-state index in [4.69, 9.17) is 4.74 Å². The van der Waals surface area contributed by atoms with Crippen molar-refractivity contribution < 1.29 is 19.1 Å². The van der Waals surface area contributed by atoms with Crippen molar-refractivity contribution in [2.45, 2.75) is 72.2 Å². The van der Waals surface area contributed by atoms with Crippen LogP contribution in [0.4, 0.5) is 4.79 Å². The van der Waals surface area contributed by atoms with E-state index in [1.54, 1.807) is 27.8 Å². The van der Waals surface area contributed by atoms with E-state index in [0.29, 0.717) is 18.5 Å². The maximum atomic E-state index is 13.6. The molecule has 0 saturated carbocycles. The highest BCUT2D eigenvalue weighted by Gasteiger charge is 2.34. The van der Waals surface area contributed by atoms with Gasteiger partial charge in [-0.15, -0.1) is 0 Å². The van der Waals surface area contributed by atoms with Crippen LogP contribution in [-0.4, -0.2) is 41.5 Å². The van der Waals surface area contributed by atoms with Crippen molar-refractivity contribution in [3.05, 3.63) is 71.3 Å². The Bertz CT molecular complexity index is 982. The average Bonchev–Trinajstić information content (AvgIpc) is 2.77. The van der Waals surface area contributed by atoms with E-state index in [9.17, 15) is 14.4 Å². The second kappa shape index (κ2) is 12.4. The Labute approximate surface area is 209 Å². The number of aryl methyl sites for hydroxylation is 1. The molecule has 0 radical (unpaired) electrons. The van der Waals surface area contributed by atoms with Crippen molar-refractivity contribution in [1.29, 1.82) is 0 Å². The number of amides is 3. The zero-order valence-electron chi connectivity index (χ0n) is 21.9. The maximum Gasteiger partial charge on any atom is 0.408 e. The molecule has 35 heavy (non-hydrogen) atoms. The van der Waals surface area contributed by atoms with Gasteiger partial charge in [0, 0.05) is 13.6 Å². The van der Waals surface area contributed by atoms with Crippen LogP contribution < -0.4 is 10.6 Å². The number of carbonyl (C=O) groups excluding carboxylic acids is 3. The Morgan fingerprint density at radius 1 is 0.971 bits per heavy atom. The molecular formula is C28H39N3O4. The van der Waals surface area contributed by atoms with Crippen molar-refractivity contribution in [1.82, 2.24) is 15.5 Å². The van der Waals surface area contributed by atoms with Gasteiger partial charge in [0.25, 0.3) is 0 Å². The summed E-state index contributed by atoms with van der Waals surface area (Å²) in [6, 6.07) is 15.4. The van der Waals surface area contributed by atoms with Crippen LogP contribution in [0.3, 0.4) is 0 Å². The van der Waals surface area contributed by atoms with Crippen molar-refractivity contribution in [3.63, 3.8) is 0 Å². The average molecular weight is 482 g/mol. The van der Waals surface area contributed by atoms with Gasteiger partial charge in [0.2, 0.25) is 11.8 Å². The molecule has 190 valence electrons. The minimum Gasteiger partial charge on any atom is -0.444 e. The summed E-state index contributed by atoms with van der Waals surface area (Å²) in [7, 11) is 1.60. The number of alkyl carbamates (subject to hydrolysis) is 1. The molecule has 0 bridgehead atoms. The van der Waals surface area contributed by atoms with Gasteiger partial charge in [-0.05, 0) is 51.2 Å². The molecule has 0 fully saturated rings. The lowest BCUT2D eigenvalue weighted by Crippen LogP contribution is -2.52. The Hall–Kier alpha value is -3.35. The fraction of sp³-hybridized carbons (Fsp3) is 0.464. The van der Waals surface area contributed by atoms with Crippen LogP contribution >= 0.6 is 0 Å². The number of hydrogen-bond donors (Lipinski definition) is 2. The third kappa shape index (κ3) is 9.08. The number of rotatable bonds is 9. The summed E-state index contributed by atoms with van der Waals surface area (Å²) in [5.41, 5.74) is 2.01. The lowest BCUT2D eigenvalue weighted by atomic mass is 9.99. The molecule has 0 aliphatic heterocycles. The van der Waals surface area contributed by atoms with Crippen LogP contribution in [0.5, 0.6) is 0 Å². The smallest absolute Gasteiger partial charge is 0.408 e. The minimum absolute atomic E-state index is 0.136. The summed E-state index contributed by atoms with van der Waals surface area (Å²) in [5.74, 6) is -0.517. The van der Waals surface area contributed by atoms with E-state index in [1.807, 2.05) is 75.4 Å². The van der Waals surface area contributed by atoms with Gasteiger partial charge < -0.3 is 20.3 Å². The molecule has 2 N–H and O–H groups in total. The summed E-state index contributed by atoms with van der Waals surface area (Å²) in [4.78, 5) is 40.9. The van der Waals surface area contributed by atoms with E-state index >= 15 is 0 Å². The maximum absolute atomic E-state index is 13.6. The number of nitrogens with one attached hydrogen (secondary N) is 2. The van der Waals surface area contributed by atoms with Gasteiger partial charge in [0.1, 0.15) is 17.7 Å². The van der Waals surface area contributed by atoms with Crippen LogP contribution in [0.1, 0.15) is 63.8 Å². The second-order valence-corrected chi connectivity index (χ2v) is 10.3. The van der Waals surface area contributed by atoms with Crippen LogP contribution in [0.25, 0.3) is 0 Å². The molecule has 0 aromatic heterocycles. The number of nitrogens with zero attached hydrogens (tertiary/aromatic N) is 1. The number of ether oxygens (including phenoxy) is 1. The van der Waals surface area contributed by atoms with E-state index in [0.717, 1.165) is 11.1 Å². The predicted octanol–water partition coefficient (Wildman–Crippen LogP) is 4.75. The first kappa shape index (κ1) is 27.9. The third-order valence-corrected chi connectivity index (χ3v) is 5.38. The van der Waals surface area contributed by atoms with Gasteiger partial charge in [0.15, 0.2) is 0 Å². The summed E-state index contributed by atoms with van der Waals surface area (Å²) < 4.78 is 5.37. The van der Waals surface area contributed by atoms with Crippen LogP contribution in [0.15, 0.2) is 54.6 Å². The molecule has 2 aromatic carbocycles. The zero-order valence-corrected chi connectivity index (χ0v) is 21.9. The van der Waals surface area contributed by atoms with Gasteiger partial charge in [-0.1, -0.05) is 74.0 Å². The Morgan fingerprint density at radius 2 is 1.57 bits per heavy atom. The first-order chi connectivity index (χ1) is 16.4. The zero-order chi connectivity index (χ0) is 26.2. The molecule has 7 nitrogen and oxygen atoms in total. The Balaban J connectivity index is 2.29. The van der Waals surface area contributed by atoms with Gasteiger partial charge in [-0.3, -0.25) is 9.59 Å². The molecule has 7 heteroatoms. The molecule has 2 aromatic rings. The quantitative estimate of drug-likeness (QED) is 0.541. The molecule has 0 aliphatic rings. The lowest BCUT2D eigenvalue weighted by Gasteiger charge is -2.32. The summed E-state index contributed by atoms with van der Waals surface area (Å²) in [6.07, 6.45) is -0.250. The highest BCUT2D eigenvalue weighted by Crippen LogP contribution is 2.23. The molecule has 3 amide bonds. The van der Waals surface area contributed by atoms with Gasteiger partial charge in [-0.25, -0.2) is 4.79 Å². The minimum atomic E-state index is -0.859. The fourth-order valence-corrected chi connectivity index (χ4v) is 3.70. The highest BCUT2D eigenvalue weighted by molar-refractivity contribution is 5.92. The first-order valence-corrected chi connectivity index (χ1v) is 12.0. The first-order valence-electron chi connectivity index (χ1n) is 12.0. The SMILES string of the molecule is Cc1ccc(C(C(=O)NCc2ccccc2)N(C)C(=O)C(CC(C)C)NC(=O)OC(C)(C)C)cc1. The van der Waals surface area contributed by atoms with E-state index in [1.165, 1.54) is 4.90 Å². The summed E-state index contributed by atoms with van der Waals surface area (Å²) in [5, 5.41) is 5.67. The van der Waals surface area contributed by atoms with Gasteiger partial charge >= 0.3 is 6.09 Å². The van der Waals surface area contributed by atoms with Gasteiger partial charge in [0.05, 0.1) is 0 Å². The summed E-state index contributed by atoms with van der Waals surface area (Å²) in [6.45, 7) is 11.6. The standard InChI is InChI=1S/C28H39N3O4/c1-19(2)17-23(30-27(34)35-28(4,5)6)26(33)31(7)24(22-15-13-20(3)14-16-22)25(32)29-18-21-11-9-8-10-12-21/h8-16,19,23-24H,17-18H2,1-7H3,(H,29,32)(H,30,34). The third-order valence-electron chi connectivity index (χ3n) is 5.38. The Morgan fingerprint density at radius 3 is 2.11 bits per heavy atom. The number of likely N-dealkylation sites (N-methyl/N-ethyl adjacent to an activating group) is 1. The largest absolute Gasteiger partial charge is 0.444 e. The fourth-order valence-electron chi connectivity index (χ4n) is 3.70. The van der Waals surface area contributed by atoms with Crippen molar-refractivity contribution in [3.8, 4) is 0 Å². The number of benzene rings is 2. The van der Waals surface area contributed by atoms with Crippen LogP contribution in [-0.2, 0) is 20.9 Å². The summed E-state index contributed by atoms with van der Waals surface area (Å²) >= 11 is 0.